The topological polar surface area (TPSA) is 64.4 Å². The first-order valence-electron chi connectivity index (χ1n) is 7.90. The molecule has 0 radical (unpaired) electrons. The summed E-state index contributed by atoms with van der Waals surface area (Å²) >= 11 is 0. The van der Waals surface area contributed by atoms with Crippen molar-refractivity contribution in [2.75, 3.05) is 0 Å². The summed E-state index contributed by atoms with van der Waals surface area (Å²) in [7, 11) is 0. The number of aromatic nitrogens is 1. The maximum absolute atomic E-state index is 12.2. The van der Waals surface area contributed by atoms with Crippen molar-refractivity contribution in [1.29, 1.82) is 0 Å². The summed E-state index contributed by atoms with van der Waals surface area (Å²) in [5, 5.41) is 2.71. The van der Waals surface area contributed by atoms with Crippen LogP contribution in [0, 0.1) is 0 Å². The van der Waals surface area contributed by atoms with Crippen molar-refractivity contribution in [2.45, 2.75) is 19.6 Å². The van der Waals surface area contributed by atoms with Gasteiger partial charge in [0, 0.05) is 12.1 Å². The van der Waals surface area contributed by atoms with Gasteiger partial charge in [-0.1, -0.05) is 30.3 Å². The maximum atomic E-state index is 12.2. The second-order valence-electron chi connectivity index (χ2n) is 5.49. The molecule has 1 amide bonds. The number of ether oxygens (including phenoxy) is 1. The van der Waals surface area contributed by atoms with Gasteiger partial charge in [0.15, 0.2) is 0 Å². The van der Waals surface area contributed by atoms with Crippen LogP contribution in [-0.2, 0) is 17.8 Å². The van der Waals surface area contributed by atoms with Gasteiger partial charge in [-0.15, -0.1) is 0 Å². The number of hydrogen-bond acceptors (Lipinski definition) is 4. The van der Waals surface area contributed by atoms with Crippen molar-refractivity contribution in [3.05, 3.63) is 72.1 Å². The summed E-state index contributed by atoms with van der Waals surface area (Å²) in [6, 6.07) is 15.5. The fraction of sp³-hybridized carbons (Fsp3) is 0.158. The van der Waals surface area contributed by atoms with Crippen molar-refractivity contribution in [2.24, 2.45) is 0 Å². The smallest absolute Gasteiger partial charge is 0.387 e. The Balaban J connectivity index is 1.54. The lowest BCUT2D eigenvalue weighted by atomic mass is 10.2. The van der Waals surface area contributed by atoms with Gasteiger partial charge in [-0.2, -0.15) is 8.78 Å². The average molecular weight is 358 g/mol. The van der Waals surface area contributed by atoms with Crippen LogP contribution in [0.25, 0.3) is 11.5 Å². The second kappa shape index (κ2) is 8.24. The molecule has 1 N–H and O–H groups in total. The van der Waals surface area contributed by atoms with Crippen molar-refractivity contribution in [3.8, 4) is 17.2 Å². The highest BCUT2D eigenvalue weighted by Crippen LogP contribution is 2.18. The highest BCUT2D eigenvalue weighted by molar-refractivity contribution is 5.78. The van der Waals surface area contributed by atoms with E-state index in [0.717, 1.165) is 5.56 Å². The molecule has 1 aromatic heterocycles. The van der Waals surface area contributed by atoms with Crippen molar-refractivity contribution >= 4 is 5.91 Å². The van der Waals surface area contributed by atoms with E-state index < -0.39 is 6.61 Å². The average Bonchev–Trinajstić information content (AvgIpc) is 3.09. The van der Waals surface area contributed by atoms with Gasteiger partial charge in [-0.05, 0) is 29.8 Å². The normalized spacial score (nSPS) is 10.7. The predicted molar refractivity (Wildman–Crippen MR) is 90.6 cm³/mol. The molecule has 3 rings (SSSR count). The number of rotatable bonds is 7. The van der Waals surface area contributed by atoms with Gasteiger partial charge in [0.05, 0.1) is 12.1 Å². The number of carbonyl (C=O) groups is 1. The molecule has 0 bridgehead atoms. The van der Waals surface area contributed by atoms with Crippen LogP contribution in [0.1, 0.15) is 11.3 Å². The Morgan fingerprint density at radius 2 is 1.96 bits per heavy atom. The number of halogens is 2. The molecule has 0 atom stereocenters. The Kier molecular flexibility index (Phi) is 5.58. The summed E-state index contributed by atoms with van der Waals surface area (Å²) in [6.07, 6.45) is 1.50. The van der Waals surface area contributed by atoms with Crippen LogP contribution in [0.15, 0.2) is 65.3 Å². The van der Waals surface area contributed by atoms with E-state index in [1.165, 1.54) is 18.4 Å². The van der Waals surface area contributed by atoms with E-state index >= 15 is 0 Å². The quantitative estimate of drug-likeness (QED) is 0.698. The number of carbonyl (C=O) groups excluding carboxylic acids is 1. The summed E-state index contributed by atoms with van der Waals surface area (Å²) in [5.41, 5.74) is 1.99. The van der Waals surface area contributed by atoms with Gasteiger partial charge >= 0.3 is 6.61 Å². The molecular formula is C19H16F2N2O3. The first-order valence-corrected chi connectivity index (χ1v) is 7.90. The first-order chi connectivity index (χ1) is 12.6. The van der Waals surface area contributed by atoms with Crippen LogP contribution < -0.4 is 10.1 Å². The highest BCUT2D eigenvalue weighted by Gasteiger charge is 2.11. The summed E-state index contributed by atoms with van der Waals surface area (Å²) in [5.74, 6) is 0.249. The molecule has 0 fully saturated rings. The lowest BCUT2D eigenvalue weighted by molar-refractivity contribution is -0.120. The fourth-order valence-corrected chi connectivity index (χ4v) is 2.36. The van der Waals surface area contributed by atoms with Crippen molar-refractivity contribution < 1.29 is 22.7 Å². The summed E-state index contributed by atoms with van der Waals surface area (Å²) in [6.45, 7) is -2.69. The van der Waals surface area contributed by atoms with E-state index in [-0.39, 0.29) is 24.6 Å². The maximum Gasteiger partial charge on any atom is 0.387 e. The van der Waals surface area contributed by atoms with Crippen LogP contribution in [0.5, 0.6) is 5.75 Å². The zero-order chi connectivity index (χ0) is 18.4. The molecule has 0 saturated heterocycles. The molecule has 0 aliphatic heterocycles. The Hall–Kier alpha value is -3.22. The van der Waals surface area contributed by atoms with E-state index in [1.54, 1.807) is 12.1 Å². The van der Waals surface area contributed by atoms with Crippen LogP contribution in [0.3, 0.4) is 0 Å². The molecule has 0 spiro atoms. The molecule has 7 heteroatoms. The predicted octanol–water partition coefficient (Wildman–Crippen LogP) is 3.80. The highest BCUT2D eigenvalue weighted by atomic mass is 19.3. The van der Waals surface area contributed by atoms with Gasteiger partial charge in [-0.25, -0.2) is 4.98 Å². The zero-order valence-corrected chi connectivity index (χ0v) is 13.7. The minimum Gasteiger partial charge on any atom is -0.444 e. The Labute approximate surface area is 148 Å². The van der Waals surface area contributed by atoms with Crippen LogP contribution in [-0.4, -0.2) is 17.5 Å². The number of nitrogens with one attached hydrogen (secondary N) is 1. The Bertz CT molecular complexity index is 866. The van der Waals surface area contributed by atoms with Crippen LogP contribution in [0.2, 0.25) is 0 Å². The van der Waals surface area contributed by atoms with Crippen molar-refractivity contribution in [3.63, 3.8) is 0 Å². The third kappa shape index (κ3) is 4.89. The monoisotopic (exact) mass is 358 g/mol. The number of nitrogens with zero attached hydrogens (tertiary/aromatic N) is 1. The first kappa shape index (κ1) is 17.6. The fourth-order valence-electron chi connectivity index (χ4n) is 2.36. The van der Waals surface area contributed by atoms with Gasteiger partial charge in [0.1, 0.15) is 12.0 Å². The molecule has 0 saturated carbocycles. The molecular weight excluding hydrogens is 342 g/mol. The zero-order valence-electron chi connectivity index (χ0n) is 13.7. The Morgan fingerprint density at radius 3 is 2.73 bits per heavy atom. The van der Waals surface area contributed by atoms with Gasteiger partial charge in [0.2, 0.25) is 11.8 Å². The van der Waals surface area contributed by atoms with Gasteiger partial charge in [-0.3, -0.25) is 4.79 Å². The van der Waals surface area contributed by atoms with Crippen molar-refractivity contribution in [1.82, 2.24) is 10.3 Å². The van der Waals surface area contributed by atoms with Crippen LogP contribution >= 0.6 is 0 Å². The lowest BCUT2D eigenvalue weighted by Gasteiger charge is -2.07. The standard InChI is InChI=1S/C19H16F2N2O3/c20-19(21)26-16-8-4-5-13(9-16)11-22-17(24)10-15-12-25-18(23-15)14-6-2-1-3-7-14/h1-9,12,19H,10-11H2,(H,22,24). The van der Waals surface area contributed by atoms with E-state index in [1.807, 2.05) is 30.3 Å². The molecule has 1 heterocycles. The Morgan fingerprint density at radius 1 is 1.15 bits per heavy atom. The third-order valence-corrected chi connectivity index (χ3v) is 3.53. The molecule has 26 heavy (non-hydrogen) atoms. The van der Waals surface area contributed by atoms with E-state index in [4.69, 9.17) is 4.42 Å². The molecule has 5 nitrogen and oxygen atoms in total. The summed E-state index contributed by atoms with van der Waals surface area (Å²) < 4.78 is 34.2. The molecule has 0 unspecified atom stereocenters. The lowest BCUT2D eigenvalue weighted by Crippen LogP contribution is -2.24. The van der Waals surface area contributed by atoms with Gasteiger partial charge < -0.3 is 14.5 Å². The van der Waals surface area contributed by atoms with E-state index in [9.17, 15) is 13.6 Å². The minimum atomic E-state index is -2.88. The largest absolute Gasteiger partial charge is 0.444 e. The van der Waals surface area contributed by atoms with E-state index in [0.29, 0.717) is 17.1 Å². The SMILES string of the molecule is O=C(Cc1coc(-c2ccccc2)n1)NCc1cccc(OC(F)F)c1. The molecule has 0 aliphatic carbocycles. The second-order valence-corrected chi connectivity index (χ2v) is 5.49. The number of benzene rings is 2. The van der Waals surface area contributed by atoms with E-state index in [2.05, 4.69) is 15.0 Å². The molecule has 2 aromatic carbocycles. The number of oxazole rings is 1. The third-order valence-electron chi connectivity index (χ3n) is 3.53. The number of alkyl halides is 2. The number of hydrogen-bond donors (Lipinski definition) is 1. The minimum absolute atomic E-state index is 0.0516. The molecule has 134 valence electrons. The van der Waals surface area contributed by atoms with Gasteiger partial charge in [0.25, 0.3) is 0 Å². The molecule has 0 aliphatic rings. The summed E-state index contributed by atoms with van der Waals surface area (Å²) in [4.78, 5) is 16.3. The molecule has 3 aromatic rings. The van der Waals surface area contributed by atoms with Crippen LogP contribution in [0.4, 0.5) is 8.78 Å². The number of amides is 1.